The van der Waals surface area contributed by atoms with E-state index in [0.717, 1.165) is 22.7 Å². The Morgan fingerprint density at radius 3 is 1.29 bits per heavy atom. The lowest BCUT2D eigenvalue weighted by molar-refractivity contribution is 0.262. The van der Waals surface area contributed by atoms with Crippen LogP contribution in [0, 0.1) is 13.8 Å². The first-order chi connectivity index (χ1) is 22.4. The molecule has 0 atom stereocenters. The second-order valence-corrected chi connectivity index (χ2v) is 16.7. The van der Waals surface area contributed by atoms with Crippen LogP contribution in [0.25, 0.3) is 41.6 Å². The first-order valence-electron chi connectivity index (χ1n) is 13.2. The lowest BCUT2D eigenvalue weighted by Crippen LogP contribution is -2.20. The molecule has 0 spiro atoms. The van der Waals surface area contributed by atoms with Gasteiger partial charge in [0.15, 0.2) is 0 Å². The van der Waals surface area contributed by atoms with Crippen LogP contribution in [0.15, 0.2) is 58.3 Å². The van der Waals surface area contributed by atoms with Gasteiger partial charge < -0.3 is 10.6 Å². The van der Waals surface area contributed by atoms with Crippen molar-refractivity contribution in [2.45, 2.75) is 23.6 Å². The molecule has 4 aromatic carbocycles. The molecule has 0 saturated heterocycles. The lowest BCUT2D eigenvalue weighted by atomic mass is 10.2. The van der Waals surface area contributed by atoms with Gasteiger partial charge in [-0.05, 0) is 61.4 Å². The second-order valence-electron chi connectivity index (χ2n) is 10.3. The summed E-state index contributed by atoms with van der Waals surface area (Å²) in [5.74, 6) is 0. The van der Waals surface area contributed by atoms with E-state index in [1.54, 1.807) is 26.0 Å². The Morgan fingerprint density at radius 2 is 0.979 bits per heavy atom. The molecule has 11 nitrogen and oxygen atoms in total. The molecule has 6 rings (SSSR count). The van der Waals surface area contributed by atoms with E-state index in [2.05, 4.69) is 20.6 Å². The van der Waals surface area contributed by atoms with Crippen molar-refractivity contribution in [2.24, 2.45) is 0 Å². The molecule has 0 saturated carbocycles. The molecule has 0 aliphatic heterocycles. The standard InChI is InChI=1S/C29H18Cl4N4O7S4/c1-11-3-5-19-23(25(11)47(39,40)41)45-27(34-19)13-7-15(30)21(16(31)8-13)36-29(38)37-22-17(32)9-14(10-18(22)33)28-35-20-6-4-12(2)26(24(20)46-28)48(42,43)44/h3-10H,1-2H3,(H2,36,37,38)(H,39,40,41)(H,42,43,44). The number of anilines is 2. The smallest absolute Gasteiger partial charge is 0.305 e. The highest BCUT2D eigenvalue weighted by atomic mass is 35.5. The largest absolute Gasteiger partial charge is 0.323 e. The zero-order chi connectivity index (χ0) is 34.9. The average Bonchev–Trinajstić information content (AvgIpc) is 3.59. The number of urea groups is 1. The molecule has 4 N–H and O–H groups in total. The van der Waals surface area contributed by atoms with Gasteiger partial charge in [-0.25, -0.2) is 14.8 Å². The lowest BCUT2D eigenvalue weighted by Gasteiger charge is -2.14. The van der Waals surface area contributed by atoms with Crippen LogP contribution in [-0.4, -0.2) is 41.9 Å². The van der Waals surface area contributed by atoms with E-state index in [0.29, 0.717) is 43.3 Å². The first kappa shape index (κ1) is 34.8. The molecule has 19 heteroatoms. The summed E-state index contributed by atoms with van der Waals surface area (Å²) in [5.41, 5.74) is 2.40. The monoisotopic (exact) mass is 802 g/mol. The number of aryl methyl sites for hydroxylation is 2. The van der Waals surface area contributed by atoms with E-state index in [-0.39, 0.29) is 50.7 Å². The number of aromatic nitrogens is 2. The normalized spacial score (nSPS) is 12.2. The summed E-state index contributed by atoms with van der Waals surface area (Å²) in [6, 6.07) is 11.5. The van der Waals surface area contributed by atoms with E-state index in [4.69, 9.17) is 46.4 Å². The summed E-state index contributed by atoms with van der Waals surface area (Å²) in [6.07, 6.45) is 0. The molecular weight excluding hydrogens is 786 g/mol. The Bertz CT molecular complexity index is 2350. The summed E-state index contributed by atoms with van der Waals surface area (Å²) in [7, 11) is -9.03. The molecule has 2 heterocycles. The molecule has 2 aromatic heterocycles. The van der Waals surface area contributed by atoms with Crippen LogP contribution in [0.3, 0.4) is 0 Å². The Balaban J connectivity index is 1.25. The summed E-state index contributed by atoms with van der Waals surface area (Å²) in [5, 5.41) is 6.04. The molecule has 248 valence electrons. The van der Waals surface area contributed by atoms with Crippen LogP contribution in [0.2, 0.25) is 20.1 Å². The fourth-order valence-corrected chi connectivity index (χ4v) is 10.7. The molecule has 6 aromatic rings. The van der Waals surface area contributed by atoms with Gasteiger partial charge in [0, 0.05) is 11.1 Å². The third-order valence-electron chi connectivity index (χ3n) is 6.99. The number of carbonyl (C=O) groups is 1. The van der Waals surface area contributed by atoms with Gasteiger partial charge in [-0.15, -0.1) is 22.7 Å². The maximum Gasteiger partial charge on any atom is 0.323 e. The Labute approximate surface area is 301 Å². The van der Waals surface area contributed by atoms with Gasteiger partial charge in [-0.2, -0.15) is 16.8 Å². The number of thiazole rings is 2. The number of rotatable bonds is 6. The predicted octanol–water partition coefficient (Wildman–Crippen LogP) is 9.61. The zero-order valence-corrected chi connectivity index (χ0v) is 30.4. The minimum absolute atomic E-state index is 0.0426. The maximum atomic E-state index is 13.0. The van der Waals surface area contributed by atoms with Gasteiger partial charge >= 0.3 is 6.03 Å². The van der Waals surface area contributed by atoms with Crippen molar-refractivity contribution in [1.29, 1.82) is 0 Å². The van der Waals surface area contributed by atoms with E-state index in [1.165, 1.54) is 36.4 Å². The number of hydrogen-bond donors (Lipinski definition) is 4. The molecule has 0 bridgehead atoms. The summed E-state index contributed by atoms with van der Waals surface area (Å²) >= 11 is 28.0. The fraction of sp³-hybridized carbons (Fsp3) is 0.0690. The number of fused-ring (bicyclic) bond motifs is 2. The van der Waals surface area contributed by atoms with Gasteiger partial charge in [0.2, 0.25) is 0 Å². The molecule has 0 radical (unpaired) electrons. The Morgan fingerprint density at radius 1 is 0.646 bits per heavy atom. The molecular formula is C29H18Cl4N4O7S4. The molecule has 0 aliphatic carbocycles. The SMILES string of the molecule is Cc1ccc2nc(-c3cc(Cl)c(NC(=O)Nc4c(Cl)cc(-c5nc6ccc(C)c(S(=O)(=O)O)c6s5)cc4Cl)c(Cl)c3)sc2c1S(=O)(=O)O. The number of amides is 2. The van der Waals surface area contributed by atoms with Crippen molar-refractivity contribution in [3.05, 3.63) is 79.7 Å². The highest BCUT2D eigenvalue weighted by molar-refractivity contribution is 7.86. The summed E-state index contributed by atoms with van der Waals surface area (Å²) < 4.78 is 68.1. The third kappa shape index (κ3) is 6.59. The van der Waals surface area contributed by atoms with E-state index in [1.807, 2.05) is 0 Å². The van der Waals surface area contributed by atoms with Gasteiger partial charge in [0.25, 0.3) is 20.2 Å². The van der Waals surface area contributed by atoms with Crippen LogP contribution in [0.1, 0.15) is 11.1 Å². The van der Waals surface area contributed by atoms with Crippen molar-refractivity contribution < 1.29 is 30.7 Å². The van der Waals surface area contributed by atoms with Gasteiger partial charge in [0.05, 0.1) is 51.9 Å². The molecule has 0 aliphatic rings. The van der Waals surface area contributed by atoms with Gasteiger partial charge in [0.1, 0.15) is 19.8 Å². The minimum atomic E-state index is -4.51. The van der Waals surface area contributed by atoms with Crippen LogP contribution in [0.5, 0.6) is 0 Å². The third-order valence-corrected chi connectivity index (χ3v) is 12.8. The van der Waals surface area contributed by atoms with Crippen LogP contribution in [0.4, 0.5) is 16.2 Å². The quantitative estimate of drug-likeness (QED) is 0.120. The number of nitrogens with zero attached hydrogens (tertiary/aromatic N) is 2. The molecule has 0 fully saturated rings. The minimum Gasteiger partial charge on any atom is -0.305 e. The van der Waals surface area contributed by atoms with Crippen LogP contribution >= 0.6 is 69.1 Å². The second kappa shape index (κ2) is 12.7. The number of benzene rings is 4. The first-order valence-corrected chi connectivity index (χ1v) is 19.3. The van der Waals surface area contributed by atoms with Crippen LogP contribution < -0.4 is 10.6 Å². The van der Waals surface area contributed by atoms with Gasteiger partial charge in [-0.3, -0.25) is 9.11 Å². The van der Waals surface area contributed by atoms with Crippen molar-refractivity contribution in [3.63, 3.8) is 0 Å². The van der Waals surface area contributed by atoms with Crippen LogP contribution in [-0.2, 0) is 20.2 Å². The van der Waals surface area contributed by atoms with Crippen molar-refractivity contribution in [2.75, 3.05) is 10.6 Å². The van der Waals surface area contributed by atoms with Crippen molar-refractivity contribution in [1.82, 2.24) is 9.97 Å². The maximum absolute atomic E-state index is 13.0. The topological polar surface area (TPSA) is 176 Å². The van der Waals surface area contributed by atoms with E-state index < -0.39 is 26.3 Å². The van der Waals surface area contributed by atoms with Crippen molar-refractivity contribution >= 4 is 127 Å². The zero-order valence-electron chi connectivity index (χ0n) is 24.1. The fourth-order valence-electron chi connectivity index (χ4n) is 4.91. The average molecular weight is 805 g/mol. The summed E-state index contributed by atoms with van der Waals surface area (Å²) in [6.45, 7) is 3.12. The van der Waals surface area contributed by atoms with Gasteiger partial charge in [-0.1, -0.05) is 58.5 Å². The van der Waals surface area contributed by atoms with Crippen molar-refractivity contribution in [3.8, 4) is 21.1 Å². The Hall–Kier alpha value is -3.09. The number of carbonyl (C=O) groups excluding carboxylic acids is 1. The molecule has 2 amide bonds. The van der Waals surface area contributed by atoms with E-state index in [9.17, 15) is 30.7 Å². The molecule has 0 unspecified atom stereocenters. The highest BCUT2D eigenvalue weighted by Crippen LogP contribution is 2.42. The molecule has 48 heavy (non-hydrogen) atoms. The van der Waals surface area contributed by atoms with E-state index >= 15 is 0 Å². The number of halogens is 4. The summed E-state index contributed by atoms with van der Waals surface area (Å²) in [4.78, 5) is 21.5. The number of hydrogen-bond acceptors (Lipinski definition) is 9. The highest BCUT2D eigenvalue weighted by Gasteiger charge is 2.24. The Kier molecular flexibility index (Phi) is 9.17. The number of nitrogens with one attached hydrogen (secondary N) is 2. The predicted molar refractivity (Wildman–Crippen MR) is 192 cm³/mol.